The monoisotopic (exact) mass is 250 g/mol. The van der Waals surface area contributed by atoms with Gasteiger partial charge in [0.1, 0.15) is 0 Å². The zero-order valence-corrected chi connectivity index (χ0v) is 11.9. The van der Waals surface area contributed by atoms with Crippen molar-refractivity contribution in [2.45, 2.75) is 77.3 Å². The van der Waals surface area contributed by atoms with Gasteiger partial charge in [0.05, 0.1) is 24.4 Å². The van der Waals surface area contributed by atoms with Crippen LogP contribution in [0.4, 0.5) is 0 Å². The van der Waals surface area contributed by atoms with Crippen molar-refractivity contribution in [2.75, 3.05) is 0 Å². The highest BCUT2D eigenvalue weighted by molar-refractivity contribution is 5.03. The Bertz CT molecular complexity index is 355. The van der Waals surface area contributed by atoms with Crippen LogP contribution >= 0.6 is 0 Å². The molecule has 0 bridgehead atoms. The molecule has 0 aromatic rings. The molecule has 2 aliphatic heterocycles. The topological polar surface area (TPSA) is 25.1 Å². The van der Waals surface area contributed by atoms with Gasteiger partial charge in [-0.1, -0.05) is 20.8 Å². The Hall–Kier alpha value is -0.0800. The average molecular weight is 250 g/mol. The molecule has 2 saturated heterocycles. The molecule has 4 aliphatic rings. The Labute approximate surface area is 110 Å². The zero-order chi connectivity index (χ0) is 12.5. The van der Waals surface area contributed by atoms with Crippen LogP contribution in [0, 0.1) is 23.2 Å². The normalized spacial score (nSPS) is 61.8. The van der Waals surface area contributed by atoms with Crippen molar-refractivity contribution in [3.63, 3.8) is 0 Å². The van der Waals surface area contributed by atoms with Crippen LogP contribution < -0.4 is 0 Å². The second-order valence-electron chi connectivity index (χ2n) is 7.83. The fourth-order valence-electron chi connectivity index (χ4n) is 4.71. The molecule has 4 rings (SSSR count). The van der Waals surface area contributed by atoms with E-state index in [4.69, 9.17) is 9.47 Å². The standard InChI is InChI=1S/C16H26O2/c1-9-4-12-14(17-12)6-11(9)7-16(3)8-15-13(18-15)5-10(16)2/h9-15H,4-8H2,1-3H3. The first-order valence-corrected chi connectivity index (χ1v) is 7.86. The summed E-state index contributed by atoms with van der Waals surface area (Å²) < 4.78 is 11.5. The highest BCUT2D eigenvalue weighted by Crippen LogP contribution is 2.55. The van der Waals surface area contributed by atoms with Crippen LogP contribution in [-0.4, -0.2) is 24.4 Å². The van der Waals surface area contributed by atoms with E-state index in [2.05, 4.69) is 20.8 Å². The summed E-state index contributed by atoms with van der Waals surface area (Å²) in [6.45, 7) is 7.40. The van der Waals surface area contributed by atoms with Crippen LogP contribution in [0.15, 0.2) is 0 Å². The molecule has 0 aromatic carbocycles. The highest BCUT2D eigenvalue weighted by Gasteiger charge is 2.54. The van der Waals surface area contributed by atoms with Crippen molar-refractivity contribution >= 4 is 0 Å². The van der Waals surface area contributed by atoms with Gasteiger partial charge in [-0.05, 0) is 55.3 Å². The molecular formula is C16H26O2. The molecule has 8 unspecified atom stereocenters. The van der Waals surface area contributed by atoms with Crippen LogP contribution in [0.25, 0.3) is 0 Å². The van der Waals surface area contributed by atoms with Crippen molar-refractivity contribution < 1.29 is 9.47 Å². The van der Waals surface area contributed by atoms with Gasteiger partial charge in [-0.3, -0.25) is 0 Å². The molecule has 2 heterocycles. The maximum Gasteiger partial charge on any atom is 0.0847 e. The van der Waals surface area contributed by atoms with Gasteiger partial charge in [0.25, 0.3) is 0 Å². The van der Waals surface area contributed by atoms with Crippen LogP contribution in [-0.2, 0) is 9.47 Å². The third kappa shape index (κ3) is 1.84. The molecule has 2 heteroatoms. The summed E-state index contributed by atoms with van der Waals surface area (Å²) in [6, 6.07) is 0. The summed E-state index contributed by atoms with van der Waals surface area (Å²) in [7, 11) is 0. The minimum Gasteiger partial charge on any atom is -0.370 e. The lowest BCUT2D eigenvalue weighted by molar-refractivity contribution is 0.0825. The lowest BCUT2D eigenvalue weighted by atomic mass is 9.61. The van der Waals surface area contributed by atoms with Crippen LogP contribution in [0.3, 0.4) is 0 Å². The zero-order valence-electron chi connectivity index (χ0n) is 11.9. The Morgan fingerprint density at radius 1 is 0.944 bits per heavy atom. The van der Waals surface area contributed by atoms with Gasteiger partial charge in [0.15, 0.2) is 0 Å². The minimum atomic E-state index is 0.512. The van der Waals surface area contributed by atoms with Crippen molar-refractivity contribution in [1.29, 1.82) is 0 Å². The van der Waals surface area contributed by atoms with Gasteiger partial charge >= 0.3 is 0 Å². The summed E-state index contributed by atoms with van der Waals surface area (Å²) in [5.41, 5.74) is 0.512. The molecule has 0 spiro atoms. The van der Waals surface area contributed by atoms with Gasteiger partial charge in [-0.2, -0.15) is 0 Å². The number of epoxide rings is 2. The van der Waals surface area contributed by atoms with E-state index in [0.29, 0.717) is 29.8 Å². The molecule has 102 valence electrons. The lowest BCUT2D eigenvalue weighted by Crippen LogP contribution is -2.37. The highest BCUT2D eigenvalue weighted by atomic mass is 16.6. The van der Waals surface area contributed by atoms with E-state index in [1.54, 1.807) is 0 Å². The predicted molar refractivity (Wildman–Crippen MR) is 70.3 cm³/mol. The van der Waals surface area contributed by atoms with E-state index in [-0.39, 0.29) is 0 Å². The largest absolute Gasteiger partial charge is 0.370 e. The van der Waals surface area contributed by atoms with Gasteiger partial charge in [0.2, 0.25) is 0 Å². The van der Waals surface area contributed by atoms with E-state index in [1.807, 2.05) is 0 Å². The predicted octanol–water partition coefficient (Wildman–Crippen LogP) is 3.39. The number of hydrogen-bond donors (Lipinski definition) is 0. The van der Waals surface area contributed by atoms with Gasteiger partial charge < -0.3 is 9.47 Å². The molecule has 0 aromatic heterocycles. The number of rotatable bonds is 2. The third-order valence-electron chi connectivity index (χ3n) is 6.49. The Balaban J connectivity index is 1.45. The first-order valence-electron chi connectivity index (χ1n) is 7.86. The number of fused-ring (bicyclic) bond motifs is 2. The van der Waals surface area contributed by atoms with E-state index in [1.165, 1.54) is 32.1 Å². The summed E-state index contributed by atoms with van der Waals surface area (Å²) in [5.74, 6) is 2.57. The first kappa shape index (κ1) is 11.7. The maximum atomic E-state index is 5.76. The van der Waals surface area contributed by atoms with E-state index in [9.17, 15) is 0 Å². The molecule has 4 fully saturated rings. The van der Waals surface area contributed by atoms with Crippen molar-refractivity contribution in [3.05, 3.63) is 0 Å². The number of hydrogen-bond acceptors (Lipinski definition) is 2. The van der Waals surface area contributed by atoms with E-state index < -0.39 is 0 Å². The molecule has 0 N–H and O–H groups in total. The Kier molecular flexibility index (Phi) is 2.43. The van der Waals surface area contributed by atoms with Gasteiger partial charge in [-0.15, -0.1) is 0 Å². The second-order valence-corrected chi connectivity index (χ2v) is 7.83. The molecular weight excluding hydrogens is 224 g/mol. The molecule has 2 nitrogen and oxygen atoms in total. The Morgan fingerprint density at radius 2 is 1.61 bits per heavy atom. The fourth-order valence-corrected chi connectivity index (χ4v) is 4.71. The molecule has 0 amide bonds. The fraction of sp³-hybridized carbons (Fsp3) is 1.00. The summed E-state index contributed by atoms with van der Waals surface area (Å²) in [5, 5.41) is 0. The number of ether oxygens (including phenoxy) is 2. The summed E-state index contributed by atoms with van der Waals surface area (Å²) in [4.78, 5) is 0. The summed E-state index contributed by atoms with van der Waals surface area (Å²) in [6.07, 6.45) is 9.10. The Morgan fingerprint density at radius 3 is 2.44 bits per heavy atom. The average Bonchev–Trinajstić information content (AvgIpc) is 3.16. The smallest absolute Gasteiger partial charge is 0.0847 e. The molecule has 8 atom stereocenters. The van der Waals surface area contributed by atoms with Crippen molar-refractivity contribution in [1.82, 2.24) is 0 Å². The van der Waals surface area contributed by atoms with Crippen LogP contribution in [0.1, 0.15) is 52.9 Å². The molecule has 18 heavy (non-hydrogen) atoms. The lowest BCUT2D eigenvalue weighted by Gasteiger charge is -2.42. The summed E-state index contributed by atoms with van der Waals surface area (Å²) >= 11 is 0. The van der Waals surface area contributed by atoms with Crippen LogP contribution in [0.5, 0.6) is 0 Å². The van der Waals surface area contributed by atoms with E-state index >= 15 is 0 Å². The first-order chi connectivity index (χ1) is 8.55. The van der Waals surface area contributed by atoms with Crippen molar-refractivity contribution in [3.8, 4) is 0 Å². The van der Waals surface area contributed by atoms with Gasteiger partial charge in [0, 0.05) is 0 Å². The molecule has 0 radical (unpaired) electrons. The van der Waals surface area contributed by atoms with E-state index in [0.717, 1.165) is 17.8 Å². The van der Waals surface area contributed by atoms with Crippen LogP contribution in [0.2, 0.25) is 0 Å². The van der Waals surface area contributed by atoms with Crippen molar-refractivity contribution in [2.24, 2.45) is 23.2 Å². The quantitative estimate of drug-likeness (QED) is 0.702. The van der Waals surface area contributed by atoms with Gasteiger partial charge in [-0.25, -0.2) is 0 Å². The molecule has 2 aliphatic carbocycles. The third-order valence-corrected chi connectivity index (χ3v) is 6.49. The SMILES string of the molecule is CC1CC2OC2CC1CC1(C)CC2OC2CC1C. The second kappa shape index (κ2) is 3.73. The maximum absolute atomic E-state index is 5.76. The minimum absolute atomic E-state index is 0.512. The molecule has 2 saturated carbocycles.